The molecule has 8 nitrogen and oxygen atoms in total. The third kappa shape index (κ3) is 5.26. The Morgan fingerprint density at radius 1 is 1.03 bits per heavy atom. The van der Waals surface area contributed by atoms with E-state index in [1.165, 1.54) is 23.9 Å². The van der Waals surface area contributed by atoms with Crippen molar-refractivity contribution in [1.82, 2.24) is 14.8 Å². The van der Waals surface area contributed by atoms with Crippen LogP contribution in [0.4, 0.5) is 11.6 Å². The number of anilines is 2. The minimum atomic E-state index is -1.01. The summed E-state index contributed by atoms with van der Waals surface area (Å²) in [5.41, 5.74) is 4.90. The maximum Gasteiger partial charge on any atom is 0.335 e. The molecule has 0 radical (unpaired) electrons. The summed E-state index contributed by atoms with van der Waals surface area (Å²) in [6, 6.07) is 23.6. The summed E-state index contributed by atoms with van der Waals surface area (Å²) < 4.78 is 1.70. The number of carbonyl (C=O) groups excluding carboxylic acids is 1. The van der Waals surface area contributed by atoms with Crippen LogP contribution in [-0.4, -0.2) is 31.7 Å². The first-order valence-electron chi connectivity index (χ1n) is 11.7. The van der Waals surface area contributed by atoms with Gasteiger partial charge in [-0.05, 0) is 54.8 Å². The highest BCUT2D eigenvalue weighted by Crippen LogP contribution is 2.37. The number of rotatable bonds is 7. The molecule has 0 saturated heterocycles. The standard InChI is InChI=1S/C28H25N5O3S/c1-17-7-6-10-22(15-17)30-25(34)23-18(2)29-27-31-28(37-16-19-8-4-3-5-9-19)32-33(27)24(23)20-11-13-21(14-12-20)26(35)36/h3-15,24H,16H2,1-2H3,(H,30,34)(H,35,36)(H,29,31,32). The zero-order valence-corrected chi connectivity index (χ0v) is 21.1. The van der Waals surface area contributed by atoms with E-state index < -0.39 is 12.0 Å². The van der Waals surface area contributed by atoms with Gasteiger partial charge < -0.3 is 15.7 Å². The molecular formula is C28H25N5O3S. The van der Waals surface area contributed by atoms with Gasteiger partial charge in [0.2, 0.25) is 11.1 Å². The van der Waals surface area contributed by atoms with Gasteiger partial charge in [0.15, 0.2) is 0 Å². The molecule has 4 aromatic rings. The van der Waals surface area contributed by atoms with Crippen molar-refractivity contribution in [2.75, 3.05) is 10.6 Å². The first-order valence-corrected chi connectivity index (χ1v) is 12.7. The largest absolute Gasteiger partial charge is 0.478 e. The zero-order chi connectivity index (χ0) is 25.9. The molecule has 1 unspecified atom stereocenters. The van der Waals surface area contributed by atoms with Gasteiger partial charge in [0.05, 0.1) is 11.1 Å². The number of aromatic carboxylic acids is 1. The Hall–Kier alpha value is -4.37. The third-order valence-corrected chi connectivity index (χ3v) is 6.95. The van der Waals surface area contributed by atoms with Crippen molar-refractivity contribution < 1.29 is 14.7 Å². The van der Waals surface area contributed by atoms with Crippen molar-refractivity contribution in [1.29, 1.82) is 0 Å². The van der Waals surface area contributed by atoms with Crippen LogP contribution in [0.15, 0.2) is 95.3 Å². The van der Waals surface area contributed by atoms with E-state index in [0.29, 0.717) is 33.8 Å². The molecule has 0 saturated carbocycles. The van der Waals surface area contributed by atoms with E-state index in [2.05, 4.69) is 15.6 Å². The van der Waals surface area contributed by atoms with Gasteiger partial charge in [-0.15, -0.1) is 5.10 Å². The van der Waals surface area contributed by atoms with Crippen molar-refractivity contribution >= 4 is 35.3 Å². The Bertz CT molecular complexity index is 1500. The molecule has 3 aromatic carbocycles. The van der Waals surface area contributed by atoms with Crippen LogP contribution in [0.5, 0.6) is 0 Å². The number of aryl methyl sites for hydroxylation is 1. The van der Waals surface area contributed by atoms with Crippen LogP contribution >= 0.6 is 11.8 Å². The van der Waals surface area contributed by atoms with E-state index in [1.54, 1.807) is 16.8 Å². The Balaban J connectivity index is 1.51. The number of hydrogen-bond acceptors (Lipinski definition) is 6. The Morgan fingerprint density at radius 2 is 1.78 bits per heavy atom. The average Bonchev–Trinajstić information content (AvgIpc) is 3.29. The summed E-state index contributed by atoms with van der Waals surface area (Å²) >= 11 is 1.51. The first kappa shape index (κ1) is 24.3. The predicted octanol–water partition coefficient (Wildman–Crippen LogP) is 5.50. The highest BCUT2D eigenvalue weighted by molar-refractivity contribution is 7.98. The summed E-state index contributed by atoms with van der Waals surface area (Å²) in [5, 5.41) is 20.9. The molecule has 0 bridgehead atoms. The molecule has 0 aliphatic carbocycles. The molecule has 1 aliphatic heterocycles. The lowest BCUT2D eigenvalue weighted by Crippen LogP contribution is -2.31. The molecule has 9 heteroatoms. The SMILES string of the molecule is CC1=C(C(=O)Nc2cccc(C)c2)C(c2ccc(C(=O)O)cc2)n2nc(SCc3ccccc3)nc2N1. The van der Waals surface area contributed by atoms with Gasteiger partial charge in [-0.3, -0.25) is 4.79 Å². The molecule has 37 heavy (non-hydrogen) atoms. The highest BCUT2D eigenvalue weighted by atomic mass is 32.2. The van der Waals surface area contributed by atoms with Gasteiger partial charge in [-0.25, -0.2) is 9.48 Å². The normalized spacial score (nSPS) is 14.6. The first-order chi connectivity index (χ1) is 17.9. The second-order valence-electron chi connectivity index (χ2n) is 8.75. The molecule has 1 amide bonds. The van der Waals surface area contributed by atoms with Gasteiger partial charge in [0.25, 0.3) is 5.91 Å². The Labute approximate surface area is 218 Å². The van der Waals surface area contributed by atoms with Crippen LogP contribution in [0.25, 0.3) is 0 Å². The minimum Gasteiger partial charge on any atom is -0.478 e. The number of aromatic nitrogens is 3. The number of amides is 1. The lowest BCUT2D eigenvalue weighted by Gasteiger charge is -2.28. The number of nitrogens with one attached hydrogen (secondary N) is 2. The smallest absolute Gasteiger partial charge is 0.335 e. The van der Waals surface area contributed by atoms with E-state index in [-0.39, 0.29) is 11.5 Å². The number of fused-ring (bicyclic) bond motifs is 1. The molecule has 1 aromatic heterocycles. The van der Waals surface area contributed by atoms with Crippen LogP contribution in [0.1, 0.15) is 40.0 Å². The molecule has 0 fully saturated rings. The minimum absolute atomic E-state index is 0.169. The lowest BCUT2D eigenvalue weighted by molar-refractivity contribution is -0.113. The number of allylic oxidation sites excluding steroid dienone is 1. The van der Waals surface area contributed by atoms with Crippen molar-refractivity contribution in [3.8, 4) is 0 Å². The number of benzene rings is 3. The number of carbonyl (C=O) groups is 2. The fraction of sp³-hybridized carbons (Fsp3) is 0.143. The monoisotopic (exact) mass is 511 g/mol. The molecule has 1 aliphatic rings. The number of thioether (sulfide) groups is 1. The second-order valence-corrected chi connectivity index (χ2v) is 9.70. The summed E-state index contributed by atoms with van der Waals surface area (Å²) in [6.07, 6.45) is 0. The van der Waals surface area contributed by atoms with E-state index in [4.69, 9.17) is 5.10 Å². The van der Waals surface area contributed by atoms with Crippen molar-refractivity contribution in [2.24, 2.45) is 0 Å². The molecule has 3 N–H and O–H groups in total. The van der Waals surface area contributed by atoms with E-state index >= 15 is 0 Å². The molecule has 5 rings (SSSR count). The number of nitrogens with zero attached hydrogens (tertiary/aromatic N) is 3. The fourth-order valence-electron chi connectivity index (χ4n) is 4.25. The van der Waals surface area contributed by atoms with Crippen LogP contribution < -0.4 is 10.6 Å². The molecule has 186 valence electrons. The van der Waals surface area contributed by atoms with Crippen molar-refractivity contribution in [3.05, 3.63) is 112 Å². The van der Waals surface area contributed by atoms with Gasteiger partial charge in [-0.2, -0.15) is 4.98 Å². The summed E-state index contributed by atoms with van der Waals surface area (Å²) in [7, 11) is 0. The molecule has 0 spiro atoms. The molecule has 2 heterocycles. The average molecular weight is 512 g/mol. The second kappa shape index (κ2) is 10.3. The Morgan fingerprint density at radius 3 is 2.49 bits per heavy atom. The van der Waals surface area contributed by atoms with E-state index in [0.717, 1.165) is 16.7 Å². The molecule has 1 atom stereocenters. The predicted molar refractivity (Wildman–Crippen MR) is 144 cm³/mol. The topological polar surface area (TPSA) is 109 Å². The maximum absolute atomic E-state index is 13.6. The summed E-state index contributed by atoms with van der Waals surface area (Å²) in [6.45, 7) is 3.80. The van der Waals surface area contributed by atoms with Crippen LogP contribution in [0.2, 0.25) is 0 Å². The van der Waals surface area contributed by atoms with Gasteiger partial charge in [0, 0.05) is 17.1 Å². The van der Waals surface area contributed by atoms with Crippen LogP contribution in [0.3, 0.4) is 0 Å². The third-order valence-electron chi connectivity index (χ3n) is 6.04. The van der Waals surface area contributed by atoms with Crippen molar-refractivity contribution in [2.45, 2.75) is 30.8 Å². The lowest BCUT2D eigenvalue weighted by atomic mass is 9.94. The van der Waals surface area contributed by atoms with Crippen molar-refractivity contribution in [3.63, 3.8) is 0 Å². The fourth-order valence-corrected chi connectivity index (χ4v) is 5.03. The number of carboxylic acid groups (broad SMARTS) is 1. The van der Waals surface area contributed by atoms with E-state index in [9.17, 15) is 14.7 Å². The van der Waals surface area contributed by atoms with Gasteiger partial charge in [0.1, 0.15) is 6.04 Å². The number of hydrogen-bond donors (Lipinski definition) is 3. The Kier molecular flexibility index (Phi) is 6.78. The summed E-state index contributed by atoms with van der Waals surface area (Å²) in [4.78, 5) is 29.7. The van der Waals surface area contributed by atoms with Crippen LogP contribution in [0, 0.1) is 6.92 Å². The zero-order valence-electron chi connectivity index (χ0n) is 20.3. The van der Waals surface area contributed by atoms with Gasteiger partial charge >= 0.3 is 5.97 Å². The molecular weight excluding hydrogens is 486 g/mol. The highest BCUT2D eigenvalue weighted by Gasteiger charge is 2.34. The maximum atomic E-state index is 13.6. The van der Waals surface area contributed by atoms with E-state index in [1.807, 2.05) is 68.4 Å². The quantitative estimate of drug-likeness (QED) is 0.281. The number of carboxylic acids is 1. The van der Waals surface area contributed by atoms with Crippen LogP contribution in [-0.2, 0) is 10.5 Å². The summed E-state index contributed by atoms with van der Waals surface area (Å²) in [5.74, 6) is -0.0629. The van der Waals surface area contributed by atoms with Gasteiger partial charge in [-0.1, -0.05) is 66.4 Å².